The molecule has 0 aliphatic rings. The van der Waals surface area contributed by atoms with Gasteiger partial charge in [-0.05, 0) is 60.7 Å². The Morgan fingerprint density at radius 2 is 1.81 bits per heavy atom. The second-order valence-corrected chi connectivity index (χ2v) is 7.77. The van der Waals surface area contributed by atoms with Crippen molar-refractivity contribution in [1.29, 1.82) is 0 Å². The van der Waals surface area contributed by atoms with Crippen LogP contribution in [0.3, 0.4) is 0 Å². The number of anilines is 1. The van der Waals surface area contributed by atoms with E-state index in [-0.39, 0.29) is 5.91 Å². The average Bonchev–Trinajstić information content (AvgIpc) is 3.04. The smallest absolute Gasteiger partial charge is 0.265 e. The van der Waals surface area contributed by atoms with E-state index in [2.05, 4.69) is 11.4 Å². The molecule has 1 amide bonds. The van der Waals surface area contributed by atoms with Crippen molar-refractivity contribution in [1.82, 2.24) is 0 Å². The molecule has 26 heavy (non-hydrogen) atoms. The molecular formula is C20H17Cl2NO2S. The van der Waals surface area contributed by atoms with Gasteiger partial charge in [0, 0.05) is 21.3 Å². The molecule has 1 aromatic heterocycles. The normalized spacial score (nSPS) is 10.6. The van der Waals surface area contributed by atoms with Gasteiger partial charge in [-0.25, -0.2) is 0 Å². The molecule has 0 bridgehead atoms. The highest BCUT2D eigenvalue weighted by Gasteiger charge is 2.11. The SMILES string of the molecule is Cc1ccc(C)c(OCc2csc(C(=O)Nc3cc(Cl)cc(Cl)c3)c2)c1. The Kier molecular flexibility index (Phi) is 5.87. The fourth-order valence-corrected chi connectivity index (χ4v) is 3.73. The summed E-state index contributed by atoms with van der Waals surface area (Å²) in [7, 11) is 0. The van der Waals surface area contributed by atoms with Gasteiger partial charge >= 0.3 is 0 Å². The van der Waals surface area contributed by atoms with Crippen molar-refractivity contribution in [3.8, 4) is 5.75 Å². The van der Waals surface area contributed by atoms with E-state index in [0.717, 1.165) is 22.4 Å². The largest absolute Gasteiger partial charge is 0.489 e. The Hall–Kier alpha value is -2.01. The highest BCUT2D eigenvalue weighted by molar-refractivity contribution is 7.12. The van der Waals surface area contributed by atoms with E-state index in [1.807, 2.05) is 37.4 Å². The first-order valence-corrected chi connectivity index (χ1v) is 9.59. The maximum absolute atomic E-state index is 12.4. The van der Waals surface area contributed by atoms with Crippen LogP contribution in [0.4, 0.5) is 5.69 Å². The zero-order chi connectivity index (χ0) is 18.7. The topological polar surface area (TPSA) is 38.3 Å². The molecule has 0 aliphatic carbocycles. The van der Waals surface area contributed by atoms with E-state index < -0.39 is 0 Å². The Bertz CT molecular complexity index is 932. The van der Waals surface area contributed by atoms with E-state index in [4.69, 9.17) is 27.9 Å². The fourth-order valence-electron chi connectivity index (χ4n) is 2.41. The van der Waals surface area contributed by atoms with Gasteiger partial charge in [0.25, 0.3) is 5.91 Å². The number of thiophene rings is 1. The molecule has 0 unspecified atom stereocenters. The number of amides is 1. The third-order valence-electron chi connectivity index (χ3n) is 3.74. The Morgan fingerprint density at radius 1 is 1.08 bits per heavy atom. The van der Waals surface area contributed by atoms with Gasteiger partial charge < -0.3 is 10.1 Å². The van der Waals surface area contributed by atoms with Crippen LogP contribution in [0.15, 0.2) is 47.8 Å². The first kappa shape index (κ1) is 18.8. The fraction of sp³-hybridized carbons (Fsp3) is 0.150. The zero-order valence-electron chi connectivity index (χ0n) is 14.3. The first-order valence-electron chi connectivity index (χ1n) is 7.95. The van der Waals surface area contributed by atoms with E-state index in [0.29, 0.717) is 27.2 Å². The molecule has 0 saturated heterocycles. The molecule has 0 aliphatic heterocycles. The van der Waals surface area contributed by atoms with Gasteiger partial charge in [-0.3, -0.25) is 4.79 Å². The predicted molar refractivity (Wildman–Crippen MR) is 109 cm³/mol. The third kappa shape index (κ3) is 4.79. The number of halogens is 2. The summed E-state index contributed by atoms with van der Waals surface area (Å²) >= 11 is 13.3. The number of ether oxygens (including phenoxy) is 1. The lowest BCUT2D eigenvalue weighted by atomic mass is 10.1. The van der Waals surface area contributed by atoms with Gasteiger partial charge in [0.1, 0.15) is 12.4 Å². The number of hydrogen-bond acceptors (Lipinski definition) is 3. The summed E-state index contributed by atoms with van der Waals surface area (Å²) in [5.74, 6) is 0.655. The summed E-state index contributed by atoms with van der Waals surface area (Å²) < 4.78 is 5.89. The second-order valence-electron chi connectivity index (χ2n) is 5.99. The molecule has 3 rings (SSSR count). The Balaban J connectivity index is 1.65. The van der Waals surface area contributed by atoms with Crippen LogP contribution >= 0.6 is 34.5 Å². The van der Waals surface area contributed by atoms with E-state index in [1.165, 1.54) is 11.3 Å². The summed E-state index contributed by atoms with van der Waals surface area (Å²) in [4.78, 5) is 13.0. The average molecular weight is 406 g/mol. The molecule has 6 heteroatoms. The molecule has 1 heterocycles. The molecule has 1 N–H and O–H groups in total. The van der Waals surface area contributed by atoms with E-state index >= 15 is 0 Å². The van der Waals surface area contributed by atoms with Crippen molar-refractivity contribution in [2.75, 3.05) is 5.32 Å². The summed E-state index contributed by atoms with van der Waals surface area (Å²) in [5.41, 5.74) is 3.75. The maximum Gasteiger partial charge on any atom is 0.265 e. The van der Waals surface area contributed by atoms with Crippen LogP contribution in [-0.2, 0) is 6.61 Å². The number of rotatable bonds is 5. The van der Waals surface area contributed by atoms with Crippen molar-refractivity contribution in [2.24, 2.45) is 0 Å². The number of nitrogens with one attached hydrogen (secondary N) is 1. The minimum atomic E-state index is -0.202. The van der Waals surface area contributed by atoms with Crippen molar-refractivity contribution in [3.63, 3.8) is 0 Å². The molecule has 3 aromatic rings. The van der Waals surface area contributed by atoms with Crippen LogP contribution in [-0.4, -0.2) is 5.91 Å². The molecule has 0 spiro atoms. The summed E-state index contributed by atoms with van der Waals surface area (Å²) in [6, 6.07) is 12.9. The first-order chi connectivity index (χ1) is 12.4. The van der Waals surface area contributed by atoms with Crippen LogP contribution in [0.2, 0.25) is 10.0 Å². The van der Waals surface area contributed by atoms with Gasteiger partial charge in [0.2, 0.25) is 0 Å². The van der Waals surface area contributed by atoms with Gasteiger partial charge in [0.15, 0.2) is 0 Å². The lowest BCUT2D eigenvalue weighted by Gasteiger charge is -2.09. The van der Waals surface area contributed by atoms with Crippen LogP contribution in [0.25, 0.3) is 0 Å². The van der Waals surface area contributed by atoms with Crippen molar-refractivity contribution >= 4 is 46.1 Å². The van der Waals surface area contributed by atoms with Gasteiger partial charge in [0.05, 0.1) is 4.88 Å². The van der Waals surface area contributed by atoms with Crippen molar-refractivity contribution < 1.29 is 9.53 Å². The highest BCUT2D eigenvalue weighted by atomic mass is 35.5. The molecule has 0 atom stereocenters. The Morgan fingerprint density at radius 3 is 2.54 bits per heavy atom. The minimum absolute atomic E-state index is 0.202. The lowest BCUT2D eigenvalue weighted by Crippen LogP contribution is -2.10. The number of carbonyl (C=O) groups is 1. The van der Waals surface area contributed by atoms with Gasteiger partial charge in [-0.2, -0.15) is 0 Å². The van der Waals surface area contributed by atoms with Crippen LogP contribution in [0, 0.1) is 13.8 Å². The molecule has 3 nitrogen and oxygen atoms in total. The summed E-state index contributed by atoms with van der Waals surface area (Å²) in [6.45, 7) is 4.45. The number of aryl methyl sites for hydroxylation is 2. The third-order valence-corrected chi connectivity index (χ3v) is 5.15. The van der Waals surface area contributed by atoms with Gasteiger partial charge in [-0.1, -0.05) is 35.3 Å². The zero-order valence-corrected chi connectivity index (χ0v) is 16.6. The standard InChI is InChI=1S/C20H17Cl2NO2S/c1-12-3-4-13(2)18(5-12)25-10-14-6-19(26-11-14)20(24)23-17-8-15(21)7-16(22)9-17/h3-9,11H,10H2,1-2H3,(H,23,24). The van der Waals surface area contributed by atoms with E-state index in [1.54, 1.807) is 18.2 Å². The highest BCUT2D eigenvalue weighted by Crippen LogP contribution is 2.25. The van der Waals surface area contributed by atoms with Crippen LogP contribution in [0.1, 0.15) is 26.4 Å². The quantitative estimate of drug-likeness (QED) is 0.525. The molecule has 134 valence electrons. The number of hydrogen-bond donors (Lipinski definition) is 1. The van der Waals surface area contributed by atoms with Crippen LogP contribution < -0.4 is 10.1 Å². The van der Waals surface area contributed by atoms with E-state index in [9.17, 15) is 4.79 Å². The number of carbonyl (C=O) groups excluding carboxylic acids is 1. The lowest BCUT2D eigenvalue weighted by molar-refractivity contribution is 0.103. The number of benzene rings is 2. The minimum Gasteiger partial charge on any atom is -0.489 e. The van der Waals surface area contributed by atoms with Gasteiger partial charge in [-0.15, -0.1) is 11.3 Å². The maximum atomic E-state index is 12.4. The Labute approximate surface area is 166 Å². The summed E-state index contributed by atoms with van der Waals surface area (Å²) in [6.07, 6.45) is 0. The molecule has 0 radical (unpaired) electrons. The monoisotopic (exact) mass is 405 g/mol. The van der Waals surface area contributed by atoms with Crippen molar-refractivity contribution in [3.05, 3.63) is 79.5 Å². The predicted octanol–water partition coefficient (Wildman–Crippen LogP) is 6.50. The molecular weight excluding hydrogens is 389 g/mol. The second kappa shape index (κ2) is 8.12. The molecule has 0 fully saturated rings. The molecule has 0 saturated carbocycles. The molecule has 2 aromatic carbocycles. The van der Waals surface area contributed by atoms with Crippen molar-refractivity contribution in [2.45, 2.75) is 20.5 Å². The summed E-state index contributed by atoms with van der Waals surface area (Å²) in [5, 5.41) is 5.67. The van der Waals surface area contributed by atoms with Crippen LogP contribution in [0.5, 0.6) is 5.75 Å².